The Morgan fingerprint density at radius 2 is 1.77 bits per heavy atom. The number of unbranched alkanes of at least 4 members (excludes halogenated alkanes) is 3. The van der Waals surface area contributed by atoms with Crippen LogP contribution in [0.5, 0.6) is 0 Å². The Morgan fingerprint density at radius 1 is 1.10 bits per heavy atom. The van der Waals surface area contributed by atoms with Gasteiger partial charge < -0.3 is 18.5 Å². The van der Waals surface area contributed by atoms with E-state index in [9.17, 15) is 9.59 Å². The van der Waals surface area contributed by atoms with Crippen LogP contribution < -0.4 is 0 Å². The standard InChI is InChI=1S/C23H46O6P8.C2H6/c1-4-22(2,3)23(26-16-27-23)14-13-18-17(19(24)15-20(18)28-36(32)37(33)34)11-9-7-5-6-8-10-12-21(25)29-35(30)31;1-2/h7,9,17-18,20H,4-6,8,10-16,30-34H2,1-3H3;1-2H3/b9-7-;/t17?,18-,20?,36?;/m1./s1. The maximum Gasteiger partial charge on any atom is 0.309 e. The number of rotatable bonds is 17. The minimum Gasteiger partial charge on any atom is -0.437 e. The van der Waals surface area contributed by atoms with Crippen LogP contribution in [0.4, 0.5) is 0 Å². The van der Waals surface area contributed by atoms with Crippen LogP contribution >= 0.6 is 66.7 Å². The molecule has 0 aromatic heterocycles. The number of hydrogen-bond acceptors (Lipinski definition) is 6. The van der Waals surface area contributed by atoms with Crippen LogP contribution in [0.2, 0.25) is 0 Å². The largest absolute Gasteiger partial charge is 0.437 e. The van der Waals surface area contributed by atoms with Gasteiger partial charge in [-0.15, -0.1) is 17.9 Å². The number of carbonyl (C=O) groups is 2. The Morgan fingerprint density at radius 3 is 2.31 bits per heavy atom. The van der Waals surface area contributed by atoms with E-state index in [4.69, 9.17) is 18.5 Å². The fraction of sp³-hybridized carbons (Fsp3) is 0.840. The van der Waals surface area contributed by atoms with E-state index in [1.807, 2.05) is 13.8 Å². The van der Waals surface area contributed by atoms with E-state index in [2.05, 4.69) is 77.6 Å². The lowest BCUT2D eigenvalue weighted by Crippen LogP contribution is -2.57. The lowest BCUT2D eigenvalue weighted by molar-refractivity contribution is -0.439. The zero-order valence-corrected chi connectivity index (χ0v) is 32.8. The van der Waals surface area contributed by atoms with Gasteiger partial charge in [-0.2, -0.15) is 0 Å². The number of allylic oxidation sites excluding steroid dienone is 2. The summed E-state index contributed by atoms with van der Waals surface area (Å²) in [6.45, 7) is 10.5. The van der Waals surface area contributed by atoms with Crippen molar-refractivity contribution in [2.75, 3.05) is 6.79 Å². The number of Topliss-reactive ketones (excluding diaryl/α,β-unsaturated/α-hetero) is 1. The quantitative estimate of drug-likeness (QED) is 0.0857. The van der Waals surface area contributed by atoms with Crippen molar-refractivity contribution in [1.29, 1.82) is 0 Å². The molecule has 8 unspecified atom stereocenters. The molecule has 0 aromatic carbocycles. The monoisotopic (exact) mass is 696 g/mol. The highest BCUT2D eigenvalue weighted by Gasteiger charge is 2.53. The second kappa shape index (κ2) is 20.3. The Kier molecular flexibility index (Phi) is 20.4. The predicted octanol–water partition coefficient (Wildman–Crippen LogP) is 10.1. The number of ketones is 1. The summed E-state index contributed by atoms with van der Waals surface area (Å²) >= 11 is 0. The van der Waals surface area contributed by atoms with Crippen molar-refractivity contribution in [3.8, 4) is 0 Å². The van der Waals surface area contributed by atoms with Crippen molar-refractivity contribution in [2.45, 2.75) is 111 Å². The van der Waals surface area contributed by atoms with E-state index in [1.165, 1.54) is 0 Å². The summed E-state index contributed by atoms with van der Waals surface area (Å²) in [5.41, 5.74) is -0.0916. The molecule has 9 atom stereocenters. The molecule has 0 spiro atoms. The molecule has 1 aliphatic heterocycles. The third-order valence-electron chi connectivity index (χ3n) is 7.60. The molecule has 2 rings (SSSR count). The molecule has 14 heteroatoms. The molecule has 0 aromatic rings. The summed E-state index contributed by atoms with van der Waals surface area (Å²) in [6.07, 6.45) is 12.4. The van der Waals surface area contributed by atoms with Gasteiger partial charge >= 0.3 is 5.97 Å². The summed E-state index contributed by atoms with van der Waals surface area (Å²) in [5, 5.41) is 0. The molecule has 39 heavy (non-hydrogen) atoms. The second-order valence-electron chi connectivity index (χ2n) is 10.3. The number of ether oxygens (including phenoxy) is 2. The van der Waals surface area contributed by atoms with E-state index in [0.29, 0.717) is 25.4 Å². The molecule has 1 aliphatic carbocycles. The lowest BCUT2D eigenvalue weighted by Gasteiger charge is -2.52. The molecule has 1 saturated carbocycles. The lowest BCUT2D eigenvalue weighted by atomic mass is 9.75. The molecule has 0 N–H and O–H groups in total. The zero-order chi connectivity index (χ0) is 29.6. The molecule has 1 heterocycles. The molecule has 1 saturated heterocycles. The van der Waals surface area contributed by atoms with E-state index >= 15 is 0 Å². The maximum atomic E-state index is 13.1. The fourth-order valence-electron chi connectivity index (χ4n) is 4.93. The summed E-state index contributed by atoms with van der Waals surface area (Å²) in [5.74, 6) is -0.250. The van der Waals surface area contributed by atoms with Crippen LogP contribution in [0, 0.1) is 17.3 Å². The van der Waals surface area contributed by atoms with E-state index in [1.54, 1.807) is 0 Å². The van der Waals surface area contributed by atoms with Gasteiger partial charge in [-0.1, -0.05) is 80.0 Å². The number of carbonyl (C=O) groups excluding carboxylic acids is 2. The van der Waals surface area contributed by atoms with Crippen LogP contribution in [0.1, 0.15) is 98.8 Å². The van der Waals surface area contributed by atoms with Gasteiger partial charge in [0.05, 0.1) is 13.6 Å². The second-order valence-corrected chi connectivity index (χ2v) is 30.7. The third kappa shape index (κ3) is 13.0. The Balaban J connectivity index is 0.00000371. The van der Waals surface area contributed by atoms with Crippen LogP contribution in [-0.4, -0.2) is 30.4 Å². The first-order valence-electron chi connectivity index (χ1n) is 13.9. The molecule has 0 amide bonds. The van der Waals surface area contributed by atoms with E-state index in [-0.39, 0.29) is 36.3 Å². The number of hydrogen-bond donors (Lipinski definition) is 0. The molecule has 2 aliphatic rings. The third-order valence-corrected chi connectivity index (χ3v) is 22.9. The maximum absolute atomic E-state index is 13.1. The van der Waals surface area contributed by atoms with Gasteiger partial charge in [-0.05, 0) is 51.4 Å². The van der Waals surface area contributed by atoms with Gasteiger partial charge in [-0.25, -0.2) is 0 Å². The molecule has 0 bridgehead atoms. The minimum atomic E-state index is -0.790. The highest BCUT2D eigenvalue weighted by Crippen LogP contribution is 2.84. The Bertz CT molecular complexity index is 763. The average Bonchev–Trinajstić information content (AvgIpc) is 3.14. The van der Waals surface area contributed by atoms with Crippen LogP contribution in [0.3, 0.4) is 0 Å². The van der Waals surface area contributed by atoms with Gasteiger partial charge in [0, 0.05) is 30.6 Å². The topological polar surface area (TPSA) is 71.1 Å². The fourth-order valence-corrected chi connectivity index (χ4v) is 8.72. The van der Waals surface area contributed by atoms with E-state index < -0.39 is 20.8 Å². The molecule has 228 valence electrons. The molecule has 6 nitrogen and oxygen atoms in total. The van der Waals surface area contributed by atoms with Gasteiger partial charge in [0.1, 0.15) is 13.3 Å². The predicted molar refractivity (Wildman–Crippen MR) is 188 cm³/mol. The molecular weight excluding hydrogens is 644 g/mol. The molecule has 0 radical (unpaired) electrons. The molecular formula is C25H52O6P8. The van der Waals surface area contributed by atoms with Crippen molar-refractivity contribution < 1.29 is 28.1 Å². The van der Waals surface area contributed by atoms with E-state index in [0.717, 1.165) is 51.4 Å². The SMILES string of the molecule is CC.CCC(C)(C)C1(CC[C@H]2C(OP(P)P(P)P)CC(=O)C2C/C=C\CCCCCC(=O)OP(P)P)OCO1. The van der Waals surface area contributed by atoms with Crippen molar-refractivity contribution >= 4 is 78.4 Å². The van der Waals surface area contributed by atoms with Crippen LogP contribution in [0.15, 0.2) is 12.2 Å². The van der Waals surface area contributed by atoms with Crippen LogP contribution in [0.25, 0.3) is 0 Å². The first kappa shape index (κ1) is 39.2. The van der Waals surface area contributed by atoms with Gasteiger partial charge in [-0.3, -0.25) is 9.59 Å². The van der Waals surface area contributed by atoms with Crippen molar-refractivity contribution in [3.05, 3.63) is 12.2 Å². The highest BCUT2D eigenvalue weighted by atomic mass is 32.8. The average molecular weight is 696 g/mol. The Labute approximate surface area is 252 Å². The van der Waals surface area contributed by atoms with Crippen molar-refractivity contribution in [2.24, 2.45) is 17.3 Å². The summed E-state index contributed by atoms with van der Waals surface area (Å²) in [6, 6.07) is 0. The Hall–Kier alpha value is 2.20. The molecule has 2 fully saturated rings. The smallest absolute Gasteiger partial charge is 0.309 e. The summed E-state index contributed by atoms with van der Waals surface area (Å²) < 4.78 is 23.7. The summed E-state index contributed by atoms with van der Waals surface area (Å²) in [4.78, 5) is 24.8. The first-order valence-corrected chi connectivity index (χ1v) is 26.5. The zero-order valence-electron chi connectivity index (χ0n) is 24.3. The van der Waals surface area contributed by atoms with Crippen molar-refractivity contribution in [1.82, 2.24) is 0 Å². The highest BCUT2D eigenvalue weighted by molar-refractivity contribution is 8.80. The van der Waals surface area contributed by atoms with Crippen molar-refractivity contribution in [3.63, 3.8) is 0 Å². The van der Waals surface area contributed by atoms with Gasteiger partial charge in [0.15, 0.2) is 12.6 Å². The normalized spacial score (nSPS) is 23.6. The van der Waals surface area contributed by atoms with Gasteiger partial charge in [0.25, 0.3) is 0 Å². The first-order chi connectivity index (χ1) is 18.4. The van der Waals surface area contributed by atoms with Gasteiger partial charge in [0.2, 0.25) is 0 Å². The van der Waals surface area contributed by atoms with Crippen LogP contribution in [-0.2, 0) is 28.1 Å². The summed E-state index contributed by atoms with van der Waals surface area (Å²) in [7, 11) is 12.1. The minimum absolute atomic E-state index is 0.0275.